The lowest BCUT2D eigenvalue weighted by Crippen LogP contribution is -2.48. The number of nitrogens with zero attached hydrogens (tertiary/aromatic N) is 3. The molecule has 1 unspecified atom stereocenters. The van der Waals surface area contributed by atoms with Crippen molar-refractivity contribution in [1.29, 1.82) is 0 Å². The molecule has 0 aromatic carbocycles. The Labute approximate surface area is 178 Å². The average molecular weight is 505 g/mol. The van der Waals surface area contributed by atoms with Gasteiger partial charge in [0.2, 0.25) is 0 Å². The second-order valence-corrected chi connectivity index (χ2v) is 7.48. The lowest BCUT2D eigenvalue weighted by atomic mass is 10.1. The molecule has 5 nitrogen and oxygen atoms in total. The van der Waals surface area contributed by atoms with Crippen molar-refractivity contribution in [2.24, 2.45) is 10.9 Å². The van der Waals surface area contributed by atoms with E-state index in [1.165, 1.54) is 11.3 Å². The number of alkyl halides is 3. The van der Waals surface area contributed by atoms with Crippen LogP contribution in [0.3, 0.4) is 0 Å². The molecule has 2 saturated heterocycles. The van der Waals surface area contributed by atoms with Crippen LogP contribution in [0.4, 0.5) is 13.2 Å². The molecule has 1 atom stereocenters. The van der Waals surface area contributed by atoms with E-state index in [1.54, 1.807) is 0 Å². The summed E-state index contributed by atoms with van der Waals surface area (Å²) in [5.41, 5.74) is 0. The monoisotopic (exact) mass is 505 g/mol. The minimum atomic E-state index is -4.11. The van der Waals surface area contributed by atoms with E-state index < -0.39 is 12.7 Å². The number of piperidine rings is 1. The zero-order valence-electron chi connectivity index (χ0n) is 16.5. The summed E-state index contributed by atoms with van der Waals surface area (Å²) >= 11 is 0. The van der Waals surface area contributed by atoms with Gasteiger partial charge in [-0.05, 0) is 51.6 Å². The Hall–Kier alpha value is -0.290. The molecule has 2 aliphatic heterocycles. The van der Waals surface area contributed by atoms with Crippen LogP contribution < -0.4 is 10.6 Å². The van der Waals surface area contributed by atoms with E-state index in [-0.39, 0.29) is 29.9 Å². The Morgan fingerprint density at radius 3 is 2.33 bits per heavy atom. The summed E-state index contributed by atoms with van der Waals surface area (Å²) in [6, 6.07) is 0.422. The number of hydrogen-bond donors (Lipinski definition) is 2. The summed E-state index contributed by atoms with van der Waals surface area (Å²) in [5, 5.41) is 6.78. The zero-order chi connectivity index (χ0) is 19.0. The predicted octanol–water partition coefficient (Wildman–Crippen LogP) is 2.92. The second-order valence-electron chi connectivity index (χ2n) is 7.48. The molecule has 2 fully saturated rings. The summed E-state index contributed by atoms with van der Waals surface area (Å²) in [6.45, 7) is 9.18. The predicted molar refractivity (Wildman–Crippen MR) is 115 cm³/mol. The maximum absolute atomic E-state index is 12.5. The number of halogens is 4. The normalized spacial score (nSPS) is 23.3. The number of rotatable bonds is 7. The Morgan fingerprint density at radius 2 is 1.74 bits per heavy atom. The van der Waals surface area contributed by atoms with Gasteiger partial charge in [0, 0.05) is 38.8 Å². The molecular weight excluding hydrogens is 470 g/mol. The average Bonchev–Trinajstić information content (AvgIpc) is 3.00. The second kappa shape index (κ2) is 12.3. The molecule has 0 radical (unpaired) electrons. The maximum atomic E-state index is 12.5. The van der Waals surface area contributed by atoms with Crippen LogP contribution >= 0.6 is 24.0 Å². The Kier molecular flexibility index (Phi) is 11.3. The van der Waals surface area contributed by atoms with Crippen LogP contribution in [0.5, 0.6) is 0 Å². The van der Waals surface area contributed by atoms with Gasteiger partial charge >= 0.3 is 6.18 Å². The number of nitrogens with one attached hydrogen (secondary N) is 2. The van der Waals surface area contributed by atoms with Crippen molar-refractivity contribution in [2.75, 3.05) is 52.4 Å². The molecule has 0 aromatic rings. The lowest BCUT2D eigenvalue weighted by molar-refractivity contribution is -0.143. The third-order valence-corrected chi connectivity index (χ3v) is 5.09. The molecule has 2 aliphatic rings. The van der Waals surface area contributed by atoms with Crippen molar-refractivity contribution in [3.63, 3.8) is 0 Å². The SMILES string of the molecule is CCCN1CCC(NC(=NCC2CCN(CC(F)(F)F)C2)NCC)CC1.I. The number of likely N-dealkylation sites (tertiary alicyclic amines) is 2. The first kappa shape index (κ1) is 24.7. The van der Waals surface area contributed by atoms with Gasteiger partial charge in [-0.25, -0.2) is 0 Å². The van der Waals surface area contributed by atoms with Gasteiger partial charge in [-0.2, -0.15) is 13.2 Å². The van der Waals surface area contributed by atoms with Crippen molar-refractivity contribution >= 4 is 29.9 Å². The smallest absolute Gasteiger partial charge is 0.357 e. The molecule has 9 heteroatoms. The molecule has 0 aliphatic carbocycles. The highest BCUT2D eigenvalue weighted by Crippen LogP contribution is 2.22. The molecule has 2 N–H and O–H groups in total. The van der Waals surface area contributed by atoms with E-state index in [4.69, 9.17) is 0 Å². The van der Waals surface area contributed by atoms with Gasteiger partial charge in [0.05, 0.1) is 6.54 Å². The first-order chi connectivity index (χ1) is 12.4. The van der Waals surface area contributed by atoms with Gasteiger partial charge in [0.1, 0.15) is 0 Å². The lowest BCUT2D eigenvalue weighted by Gasteiger charge is -2.32. The van der Waals surface area contributed by atoms with Crippen LogP contribution in [0.25, 0.3) is 0 Å². The van der Waals surface area contributed by atoms with E-state index in [0.717, 1.165) is 51.4 Å². The van der Waals surface area contributed by atoms with Gasteiger partial charge in [-0.1, -0.05) is 6.92 Å². The van der Waals surface area contributed by atoms with E-state index >= 15 is 0 Å². The molecule has 0 spiro atoms. The van der Waals surface area contributed by atoms with Crippen molar-refractivity contribution in [2.45, 2.75) is 51.7 Å². The van der Waals surface area contributed by atoms with Gasteiger partial charge in [0.15, 0.2) is 5.96 Å². The quantitative estimate of drug-likeness (QED) is 0.318. The van der Waals surface area contributed by atoms with Gasteiger partial charge in [-0.15, -0.1) is 24.0 Å². The first-order valence-corrected chi connectivity index (χ1v) is 9.96. The molecule has 27 heavy (non-hydrogen) atoms. The van der Waals surface area contributed by atoms with Crippen LogP contribution in [0.15, 0.2) is 4.99 Å². The summed E-state index contributed by atoms with van der Waals surface area (Å²) in [6.07, 6.45) is 0.0744. The number of aliphatic imine (C=N–C) groups is 1. The largest absolute Gasteiger partial charge is 0.401 e. The molecule has 0 bridgehead atoms. The van der Waals surface area contributed by atoms with Crippen LogP contribution in [0.2, 0.25) is 0 Å². The van der Waals surface area contributed by atoms with Gasteiger partial charge in [-0.3, -0.25) is 9.89 Å². The van der Waals surface area contributed by atoms with Gasteiger partial charge in [0.25, 0.3) is 0 Å². The summed E-state index contributed by atoms with van der Waals surface area (Å²) < 4.78 is 37.5. The first-order valence-electron chi connectivity index (χ1n) is 9.96. The fourth-order valence-electron chi connectivity index (χ4n) is 3.81. The van der Waals surface area contributed by atoms with E-state index in [9.17, 15) is 13.2 Å². The highest BCUT2D eigenvalue weighted by atomic mass is 127. The molecular formula is C18H35F3IN5. The third-order valence-electron chi connectivity index (χ3n) is 5.09. The van der Waals surface area contributed by atoms with Crippen molar-refractivity contribution in [1.82, 2.24) is 20.4 Å². The maximum Gasteiger partial charge on any atom is 0.401 e. The molecule has 0 amide bonds. The minimum Gasteiger partial charge on any atom is -0.357 e. The molecule has 2 rings (SSSR count). The topological polar surface area (TPSA) is 42.9 Å². The van der Waals surface area contributed by atoms with Crippen LogP contribution in [-0.2, 0) is 0 Å². The van der Waals surface area contributed by atoms with Crippen molar-refractivity contribution in [3.05, 3.63) is 0 Å². The summed E-state index contributed by atoms with van der Waals surface area (Å²) in [4.78, 5) is 8.63. The fourth-order valence-corrected chi connectivity index (χ4v) is 3.81. The highest BCUT2D eigenvalue weighted by Gasteiger charge is 2.34. The van der Waals surface area contributed by atoms with E-state index in [2.05, 4.69) is 27.4 Å². The number of hydrogen-bond acceptors (Lipinski definition) is 3. The van der Waals surface area contributed by atoms with Gasteiger partial charge < -0.3 is 15.5 Å². The molecule has 0 aromatic heterocycles. The van der Waals surface area contributed by atoms with Crippen LogP contribution in [0.1, 0.15) is 39.5 Å². The summed E-state index contributed by atoms with van der Waals surface area (Å²) in [7, 11) is 0. The van der Waals surface area contributed by atoms with E-state index in [0.29, 0.717) is 25.7 Å². The highest BCUT2D eigenvalue weighted by molar-refractivity contribution is 14.0. The third kappa shape index (κ3) is 9.65. The number of guanidine groups is 1. The Balaban J connectivity index is 0.00000364. The summed E-state index contributed by atoms with van der Waals surface area (Å²) in [5.74, 6) is 1.01. The van der Waals surface area contributed by atoms with E-state index in [1.807, 2.05) is 6.92 Å². The zero-order valence-corrected chi connectivity index (χ0v) is 18.9. The standard InChI is InChI=1S/C18H34F3N5.HI/c1-3-8-25-10-6-16(7-11-25)24-17(22-4-2)23-12-15-5-9-26(13-15)14-18(19,20)21;/h15-16H,3-14H2,1-2H3,(H2,22,23,24);1H. The van der Waals surface area contributed by atoms with Crippen molar-refractivity contribution in [3.8, 4) is 0 Å². The van der Waals surface area contributed by atoms with Crippen LogP contribution in [0, 0.1) is 5.92 Å². The molecule has 160 valence electrons. The molecule has 2 heterocycles. The van der Waals surface area contributed by atoms with Crippen molar-refractivity contribution < 1.29 is 13.2 Å². The molecule has 0 saturated carbocycles. The van der Waals surface area contributed by atoms with Crippen LogP contribution in [-0.4, -0.2) is 80.3 Å². The Bertz CT molecular complexity index is 439. The Morgan fingerprint density at radius 1 is 1.07 bits per heavy atom. The minimum absolute atomic E-state index is 0. The fraction of sp³-hybridized carbons (Fsp3) is 0.944.